The molecule has 1 unspecified atom stereocenters. The fourth-order valence-corrected chi connectivity index (χ4v) is 2.97. The molecule has 0 aliphatic heterocycles. The molecule has 1 fully saturated rings. The molecular formula is C16H25N. The van der Waals surface area contributed by atoms with Crippen molar-refractivity contribution in [2.75, 3.05) is 20.6 Å². The molecule has 0 heterocycles. The summed E-state index contributed by atoms with van der Waals surface area (Å²) < 4.78 is 0. The zero-order valence-electron chi connectivity index (χ0n) is 11.7. The molecule has 1 heteroatoms. The maximum absolute atomic E-state index is 2.46. The highest BCUT2D eigenvalue weighted by Crippen LogP contribution is 2.51. The van der Waals surface area contributed by atoms with Gasteiger partial charge in [0.05, 0.1) is 0 Å². The van der Waals surface area contributed by atoms with Crippen LogP contribution in [0.5, 0.6) is 0 Å². The summed E-state index contributed by atoms with van der Waals surface area (Å²) in [4.78, 5) is 2.33. The summed E-state index contributed by atoms with van der Waals surface area (Å²) in [6, 6.07) is 9.15. The van der Waals surface area contributed by atoms with Crippen molar-refractivity contribution >= 4 is 0 Å². The summed E-state index contributed by atoms with van der Waals surface area (Å²) in [7, 11) is 4.37. The molecule has 2 rings (SSSR count). The number of rotatable bonds is 4. The molecule has 1 aliphatic carbocycles. The lowest BCUT2D eigenvalue weighted by molar-refractivity contribution is 0.0988. The van der Waals surface area contributed by atoms with Crippen molar-refractivity contribution in [2.45, 2.75) is 39.0 Å². The minimum Gasteiger partial charge on any atom is -0.309 e. The van der Waals surface area contributed by atoms with E-state index >= 15 is 0 Å². The molecule has 1 aromatic carbocycles. The second-order valence-electron chi connectivity index (χ2n) is 6.23. The molecule has 0 saturated heterocycles. The summed E-state index contributed by atoms with van der Waals surface area (Å²) >= 11 is 0. The van der Waals surface area contributed by atoms with E-state index in [1.807, 2.05) is 0 Å². The highest BCUT2D eigenvalue weighted by molar-refractivity contribution is 5.27. The lowest BCUT2D eigenvalue weighted by Gasteiger charge is -2.46. The summed E-state index contributed by atoms with van der Waals surface area (Å²) in [5.74, 6) is 0.687. The van der Waals surface area contributed by atoms with Crippen molar-refractivity contribution < 1.29 is 0 Å². The van der Waals surface area contributed by atoms with E-state index in [1.165, 1.54) is 36.9 Å². The number of hydrogen-bond acceptors (Lipinski definition) is 1. The summed E-state index contributed by atoms with van der Waals surface area (Å²) in [5.41, 5.74) is 3.40. The van der Waals surface area contributed by atoms with Crippen LogP contribution in [-0.4, -0.2) is 25.5 Å². The van der Waals surface area contributed by atoms with Crippen LogP contribution in [0.4, 0.5) is 0 Å². The van der Waals surface area contributed by atoms with Crippen molar-refractivity contribution in [3.05, 3.63) is 35.4 Å². The lowest BCUT2D eigenvalue weighted by atomic mass is 9.60. The fraction of sp³-hybridized carbons (Fsp3) is 0.625. The summed E-state index contributed by atoms with van der Waals surface area (Å²) in [5, 5.41) is 0. The average Bonchev–Trinajstić information content (AvgIpc) is 2.24. The minimum atomic E-state index is 0.527. The Kier molecular flexibility index (Phi) is 3.58. The molecular weight excluding hydrogens is 206 g/mol. The summed E-state index contributed by atoms with van der Waals surface area (Å²) in [6.45, 7) is 5.79. The van der Waals surface area contributed by atoms with E-state index < -0.39 is 0 Å². The third-order valence-corrected chi connectivity index (χ3v) is 4.36. The van der Waals surface area contributed by atoms with Gasteiger partial charge in [-0.3, -0.25) is 0 Å². The second kappa shape index (κ2) is 4.81. The van der Waals surface area contributed by atoms with Gasteiger partial charge in [0.25, 0.3) is 0 Å². The zero-order chi connectivity index (χ0) is 12.5. The van der Waals surface area contributed by atoms with Crippen molar-refractivity contribution in [2.24, 2.45) is 5.41 Å². The van der Waals surface area contributed by atoms with Gasteiger partial charge in [0.1, 0.15) is 0 Å². The highest BCUT2D eigenvalue weighted by Gasteiger charge is 2.40. The van der Waals surface area contributed by atoms with Gasteiger partial charge in [0, 0.05) is 12.5 Å². The summed E-state index contributed by atoms with van der Waals surface area (Å²) in [6.07, 6.45) is 4.19. The number of hydrogen-bond donors (Lipinski definition) is 0. The Morgan fingerprint density at radius 2 is 1.76 bits per heavy atom. The van der Waals surface area contributed by atoms with Crippen LogP contribution in [0, 0.1) is 12.3 Å². The largest absolute Gasteiger partial charge is 0.309 e. The first kappa shape index (κ1) is 12.6. The molecule has 0 amide bonds. The number of likely N-dealkylation sites (N-methyl/N-ethyl adjacent to an activating group) is 1. The van der Waals surface area contributed by atoms with Crippen molar-refractivity contribution in [1.82, 2.24) is 4.90 Å². The van der Waals surface area contributed by atoms with Gasteiger partial charge in [-0.15, -0.1) is 0 Å². The molecule has 1 saturated carbocycles. The van der Waals surface area contributed by atoms with E-state index in [1.54, 1.807) is 0 Å². The van der Waals surface area contributed by atoms with Crippen LogP contribution in [-0.2, 0) is 0 Å². The normalized spacial score (nSPS) is 20.1. The van der Waals surface area contributed by atoms with E-state index in [2.05, 4.69) is 57.1 Å². The van der Waals surface area contributed by atoms with Crippen molar-refractivity contribution in [3.63, 3.8) is 0 Å². The molecule has 0 aromatic heterocycles. The maximum atomic E-state index is 2.46. The number of aryl methyl sites for hydroxylation is 1. The molecule has 0 N–H and O–H groups in total. The number of benzene rings is 1. The monoisotopic (exact) mass is 231 g/mol. The van der Waals surface area contributed by atoms with E-state index in [9.17, 15) is 0 Å². The topological polar surface area (TPSA) is 3.24 Å². The molecule has 0 bridgehead atoms. The van der Waals surface area contributed by atoms with Crippen LogP contribution in [0.1, 0.15) is 43.2 Å². The van der Waals surface area contributed by atoms with Crippen LogP contribution in [0.25, 0.3) is 0 Å². The molecule has 94 valence electrons. The third-order valence-electron chi connectivity index (χ3n) is 4.36. The second-order valence-corrected chi connectivity index (χ2v) is 6.23. The van der Waals surface area contributed by atoms with Gasteiger partial charge in [-0.25, -0.2) is 0 Å². The van der Waals surface area contributed by atoms with E-state index in [0.717, 1.165) is 0 Å². The van der Waals surface area contributed by atoms with Crippen molar-refractivity contribution in [1.29, 1.82) is 0 Å². The maximum Gasteiger partial charge on any atom is 0.00494 e. The molecule has 1 nitrogen and oxygen atoms in total. The Balaban J connectivity index is 2.23. The Labute approximate surface area is 106 Å². The highest BCUT2D eigenvalue weighted by atomic mass is 15.1. The SMILES string of the molecule is Cc1ccc(C(CN(C)C)C2(C)CCC2)cc1. The Bertz CT molecular complexity index is 360. The Morgan fingerprint density at radius 1 is 1.18 bits per heavy atom. The van der Waals surface area contributed by atoms with Gasteiger partial charge >= 0.3 is 0 Å². The van der Waals surface area contributed by atoms with Gasteiger partial charge in [-0.1, -0.05) is 43.2 Å². The Morgan fingerprint density at radius 3 is 2.18 bits per heavy atom. The van der Waals surface area contributed by atoms with E-state index in [0.29, 0.717) is 11.3 Å². The molecule has 17 heavy (non-hydrogen) atoms. The van der Waals surface area contributed by atoms with Gasteiger partial charge in [0.15, 0.2) is 0 Å². The predicted molar refractivity (Wildman–Crippen MR) is 74.4 cm³/mol. The Hall–Kier alpha value is -0.820. The first-order valence-electron chi connectivity index (χ1n) is 6.72. The van der Waals surface area contributed by atoms with Crippen LogP contribution in [0.2, 0.25) is 0 Å². The minimum absolute atomic E-state index is 0.527. The van der Waals surface area contributed by atoms with Gasteiger partial charge < -0.3 is 4.90 Å². The first-order valence-corrected chi connectivity index (χ1v) is 6.72. The predicted octanol–water partition coefficient (Wildman–Crippen LogP) is 3.83. The van der Waals surface area contributed by atoms with Gasteiger partial charge in [-0.05, 0) is 44.8 Å². The quantitative estimate of drug-likeness (QED) is 0.761. The van der Waals surface area contributed by atoms with Crippen LogP contribution >= 0.6 is 0 Å². The van der Waals surface area contributed by atoms with Gasteiger partial charge in [0.2, 0.25) is 0 Å². The van der Waals surface area contributed by atoms with Crippen LogP contribution < -0.4 is 0 Å². The van der Waals surface area contributed by atoms with E-state index in [4.69, 9.17) is 0 Å². The molecule has 1 aliphatic rings. The smallest absolute Gasteiger partial charge is 0.00494 e. The average molecular weight is 231 g/mol. The fourth-order valence-electron chi connectivity index (χ4n) is 2.97. The molecule has 1 aromatic rings. The van der Waals surface area contributed by atoms with Crippen LogP contribution in [0.3, 0.4) is 0 Å². The molecule has 0 radical (unpaired) electrons. The number of nitrogens with zero attached hydrogens (tertiary/aromatic N) is 1. The molecule has 1 atom stereocenters. The van der Waals surface area contributed by atoms with Gasteiger partial charge in [-0.2, -0.15) is 0 Å². The van der Waals surface area contributed by atoms with Crippen LogP contribution in [0.15, 0.2) is 24.3 Å². The third kappa shape index (κ3) is 2.71. The standard InChI is InChI=1S/C16H25N/c1-13-6-8-14(9-7-13)15(12-17(3)4)16(2)10-5-11-16/h6-9,15H,5,10-12H2,1-4H3. The zero-order valence-corrected chi connectivity index (χ0v) is 11.7. The lowest BCUT2D eigenvalue weighted by Crippen LogP contribution is -2.38. The van der Waals surface area contributed by atoms with Crippen molar-refractivity contribution in [3.8, 4) is 0 Å². The first-order chi connectivity index (χ1) is 8.01. The van der Waals surface area contributed by atoms with E-state index in [-0.39, 0.29) is 0 Å². The molecule has 0 spiro atoms.